The van der Waals surface area contributed by atoms with Gasteiger partial charge in [0.15, 0.2) is 0 Å². The standard InChI is InChI=1S/C17H26N2O2/c1-12-4-5-16(8-13(12)2)14(3)18-17(21)10-19-7-6-15(9-19)11-20/h4-5,8,14-15,20H,6-7,9-11H2,1-3H3,(H,18,21). The SMILES string of the molecule is Cc1ccc(C(C)NC(=O)CN2CCC(CO)C2)cc1C. The number of rotatable bonds is 5. The predicted octanol–water partition coefficient (Wildman–Crippen LogP) is 1.79. The molecule has 0 bridgehead atoms. The topological polar surface area (TPSA) is 52.6 Å². The van der Waals surface area contributed by atoms with Crippen LogP contribution in [0.25, 0.3) is 0 Å². The summed E-state index contributed by atoms with van der Waals surface area (Å²) in [6.07, 6.45) is 0.983. The van der Waals surface area contributed by atoms with Gasteiger partial charge in [-0.15, -0.1) is 0 Å². The Morgan fingerprint density at radius 2 is 2.19 bits per heavy atom. The molecule has 0 aliphatic carbocycles. The van der Waals surface area contributed by atoms with Crippen molar-refractivity contribution in [1.82, 2.24) is 10.2 Å². The Kier molecular flexibility index (Phi) is 5.37. The van der Waals surface area contributed by atoms with Crippen LogP contribution in [-0.4, -0.2) is 42.2 Å². The van der Waals surface area contributed by atoms with Gasteiger partial charge in [0, 0.05) is 13.2 Å². The Morgan fingerprint density at radius 3 is 2.81 bits per heavy atom. The molecule has 0 radical (unpaired) electrons. The fraction of sp³-hybridized carbons (Fsp3) is 0.588. The zero-order valence-electron chi connectivity index (χ0n) is 13.2. The van der Waals surface area contributed by atoms with Gasteiger partial charge in [-0.3, -0.25) is 9.69 Å². The van der Waals surface area contributed by atoms with Gasteiger partial charge >= 0.3 is 0 Å². The lowest BCUT2D eigenvalue weighted by Gasteiger charge is -2.19. The first-order valence-corrected chi connectivity index (χ1v) is 7.69. The monoisotopic (exact) mass is 290 g/mol. The zero-order valence-corrected chi connectivity index (χ0v) is 13.2. The van der Waals surface area contributed by atoms with Crippen molar-refractivity contribution in [2.24, 2.45) is 5.92 Å². The molecule has 0 spiro atoms. The molecule has 2 rings (SSSR count). The number of aryl methyl sites for hydroxylation is 2. The van der Waals surface area contributed by atoms with E-state index in [1.807, 2.05) is 6.92 Å². The smallest absolute Gasteiger partial charge is 0.234 e. The molecule has 0 aromatic heterocycles. The summed E-state index contributed by atoms with van der Waals surface area (Å²) in [5.74, 6) is 0.384. The molecule has 1 fully saturated rings. The molecular weight excluding hydrogens is 264 g/mol. The normalized spacial score (nSPS) is 20.5. The van der Waals surface area contributed by atoms with E-state index < -0.39 is 0 Å². The summed E-state index contributed by atoms with van der Waals surface area (Å²) in [6, 6.07) is 6.33. The van der Waals surface area contributed by atoms with E-state index in [0.717, 1.165) is 25.1 Å². The van der Waals surface area contributed by atoms with E-state index >= 15 is 0 Å². The van der Waals surface area contributed by atoms with Crippen molar-refractivity contribution in [1.29, 1.82) is 0 Å². The first kappa shape index (κ1) is 16.0. The summed E-state index contributed by atoms with van der Waals surface area (Å²) in [5, 5.41) is 12.2. The van der Waals surface area contributed by atoms with Crippen LogP contribution in [0.2, 0.25) is 0 Å². The number of carbonyl (C=O) groups is 1. The quantitative estimate of drug-likeness (QED) is 0.869. The average Bonchev–Trinajstić information content (AvgIpc) is 2.89. The molecule has 1 aromatic carbocycles. The van der Waals surface area contributed by atoms with E-state index in [9.17, 15) is 4.79 Å². The van der Waals surface area contributed by atoms with Crippen molar-refractivity contribution in [2.45, 2.75) is 33.2 Å². The van der Waals surface area contributed by atoms with Crippen LogP contribution >= 0.6 is 0 Å². The number of aliphatic hydroxyl groups excluding tert-OH is 1. The van der Waals surface area contributed by atoms with Gasteiger partial charge in [0.2, 0.25) is 5.91 Å². The first-order valence-electron chi connectivity index (χ1n) is 7.69. The van der Waals surface area contributed by atoms with Crippen molar-refractivity contribution in [3.8, 4) is 0 Å². The van der Waals surface area contributed by atoms with Crippen molar-refractivity contribution in [3.63, 3.8) is 0 Å². The van der Waals surface area contributed by atoms with Crippen molar-refractivity contribution >= 4 is 5.91 Å². The highest BCUT2D eigenvalue weighted by molar-refractivity contribution is 5.78. The van der Waals surface area contributed by atoms with Crippen molar-refractivity contribution in [3.05, 3.63) is 34.9 Å². The maximum absolute atomic E-state index is 12.1. The molecule has 1 aliphatic rings. The maximum Gasteiger partial charge on any atom is 0.234 e. The summed E-state index contributed by atoms with van der Waals surface area (Å²) in [7, 11) is 0. The molecule has 2 N–H and O–H groups in total. The fourth-order valence-corrected chi connectivity index (χ4v) is 2.81. The Morgan fingerprint density at radius 1 is 1.43 bits per heavy atom. The van der Waals surface area contributed by atoms with Gasteiger partial charge in [0.25, 0.3) is 0 Å². The van der Waals surface area contributed by atoms with Crippen LogP contribution in [0.1, 0.15) is 36.1 Å². The Bertz CT molecular complexity index is 502. The van der Waals surface area contributed by atoms with Crippen LogP contribution < -0.4 is 5.32 Å². The molecule has 4 nitrogen and oxygen atoms in total. The van der Waals surface area contributed by atoms with Crippen LogP contribution in [0.4, 0.5) is 0 Å². The largest absolute Gasteiger partial charge is 0.396 e. The maximum atomic E-state index is 12.1. The number of benzene rings is 1. The Hall–Kier alpha value is -1.39. The van der Waals surface area contributed by atoms with E-state index in [4.69, 9.17) is 5.11 Å². The van der Waals surface area contributed by atoms with Crippen LogP contribution in [0.5, 0.6) is 0 Å². The van der Waals surface area contributed by atoms with E-state index in [1.165, 1.54) is 11.1 Å². The minimum absolute atomic E-state index is 0.0213. The highest BCUT2D eigenvalue weighted by atomic mass is 16.3. The van der Waals surface area contributed by atoms with E-state index in [1.54, 1.807) is 0 Å². The summed E-state index contributed by atoms with van der Waals surface area (Å²) in [6.45, 7) is 8.56. The third-order valence-electron chi connectivity index (χ3n) is 4.40. The molecule has 2 atom stereocenters. The molecule has 1 aliphatic heterocycles. The summed E-state index contributed by atoms with van der Waals surface area (Å²) in [5.41, 5.74) is 3.66. The fourth-order valence-electron chi connectivity index (χ4n) is 2.81. The van der Waals surface area contributed by atoms with Gasteiger partial charge < -0.3 is 10.4 Å². The lowest BCUT2D eigenvalue weighted by atomic mass is 10.0. The third-order valence-corrected chi connectivity index (χ3v) is 4.40. The van der Waals surface area contributed by atoms with Gasteiger partial charge in [-0.2, -0.15) is 0 Å². The molecule has 1 heterocycles. The number of hydrogen-bond donors (Lipinski definition) is 2. The number of likely N-dealkylation sites (tertiary alicyclic amines) is 1. The van der Waals surface area contributed by atoms with Gasteiger partial charge in [0.1, 0.15) is 0 Å². The lowest BCUT2D eigenvalue weighted by Crippen LogP contribution is -2.37. The van der Waals surface area contributed by atoms with Crippen LogP contribution in [0, 0.1) is 19.8 Å². The molecule has 2 unspecified atom stereocenters. The third kappa shape index (κ3) is 4.29. The van der Waals surface area contributed by atoms with E-state index in [2.05, 4.69) is 42.3 Å². The zero-order chi connectivity index (χ0) is 15.4. The first-order chi connectivity index (χ1) is 9.99. The number of hydrogen-bond acceptors (Lipinski definition) is 3. The van der Waals surface area contributed by atoms with Gasteiger partial charge in [-0.25, -0.2) is 0 Å². The second-order valence-electron chi connectivity index (χ2n) is 6.21. The van der Waals surface area contributed by atoms with Gasteiger partial charge in [-0.05, 0) is 56.3 Å². The van der Waals surface area contributed by atoms with Crippen LogP contribution in [0.3, 0.4) is 0 Å². The van der Waals surface area contributed by atoms with Crippen LogP contribution in [-0.2, 0) is 4.79 Å². The molecule has 1 aromatic rings. The molecule has 116 valence electrons. The summed E-state index contributed by atoms with van der Waals surface area (Å²) < 4.78 is 0. The second-order valence-corrected chi connectivity index (χ2v) is 6.21. The second kappa shape index (κ2) is 7.05. The minimum atomic E-state index is 0.0213. The van der Waals surface area contributed by atoms with Crippen molar-refractivity contribution in [2.75, 3.05) is 26.2 Å². The molecular formula is C17H26N2O2. The van der Waals surface area contributed by atoms with Crippen molar-refractivity contribution < 1.29 is 9.90 Å². The Labute approximate surface area is 127 Å². The summed E-state index contributed by atoms with van der Waals surface area (Å²) in [4.78, 5) is 14.2. The van der Waals surface area contributed by atoms with E-state index in [-0.39, 0.29) is 18.6 Å². The molecule has 1 saturated heterocycles. The molecule has 4 heteroatoms. The minimum Gasteiger partial charge on any atom is -0.396 e. The molecule has 21 heavy (non-hydrogen) atoms. The molecule has 0 saturated carbocycles. The number of carbonyl (C=O) groups excluding carboxylic acids is 1. The number of aliphatic hydroxyl groups is 1. The summed E-state index contributed by atoms with van der Waals surface area (Å²) >= 11 is 0. The number of nitrogens with zero attached hydrogens (tertiary/aromatic N) is 1. The highest BCUT2D eigenvalue weighted by Crippen LogP contribution is 2.17. The lowest BCUT2D eigenvalue weighted by molar-refractivity contribution is -0.122. The highest BCUT2D eigenvalue weighted by Gasteiger charge is 2.23. The Balaban J connectivity index is 1.86. The number of nitrogens with one attached hydrogen (secondary N) is 1. The van der Waals surface area contributed by atoms with Gasteiger partial charge in [-0.1, -0.05) is 18.2 Å². The van der Waals surface area contributed by atoms with Gasteiger partial charge in [0.05, 0.1) is 12.6 Å². The predicted molar refractivity (Wildman–Crippen MR) is 84.1 cm³/mol. The van der Waals surface area contributed by atoms with Crippen LogP contribution in [0.15, 0.2) is 18.2 Å². The average molecular weight is 290 g/mol. The number of amides is 1. The van der Waals surface area contributed by atoms with E-state index in [0.29, 0.717) is 12.5 Å². The molecule has 1 amide bonds.